The largest absolute Gasteiger partial charge is 0.494 e. The standard InChI is InChI=1S/C37H43FN4O5/c1-26(37(43)40-22-10-21-39-36-31-11-4-6-13-34(31)41-35-14-7-5-12-32(35)36)28-17-20-30(33(38)25-28)27-15-18-29(19-16-27)46-23-8-2-3-9-24-47-42(44)45/h4,6,11,13,15-20,25-26H,2-3,5,7-10,12,14,21-24H2,1H3,(H,39,41)(H,40,43). The van der Waals surface area contributed by atoms with Crippen molar-refractivity contribution < 1.29 is 23.8 Å². The van der Waals surface area contributed by atoms with Gasteiger partial charge in [0.2, 0.25) is 5.91 Å². The number of nitrogens with one attached hydrogen (secondary N) is 2. The van der Waals surface area contributed by atoms with E-state index in [0.717, 1.165) is 61.5 Å². The van der Waals surface area contributed by atoms with E-state index in [2.05, 4.69) is 27.6 Å². The van der Waals surface area contributed by atoms with Crippen molar-refractivity contribution in [3.63, 3.8) is 0 Å². The molecule has 1 aromatic heterocycles. The average Bonchev–Trinajstić information content (AvgIpc) is 3.08. The third kappa shape index (κ3) is 9.18. The molecule has 0 spiro atoms. The maximum atomic E-state index is 15.2. The minimum absolute atomic E-state index is 0.115. The molecule has 10 heteroatoms. The molecule has 1 amide bonds. The summed E-state index contributed by atoms with van der Waals surface area (Å²) in [6.07, 6.45) is 8.34. The zero-order valence-electron chi connectivity index (χ0n) is 26.9. The molecule has 0 saturated carbocycles. The lowest BCUT2D eigenvalue weighted by atomic mass is 9.92. The van der Waals surface area contributed by atoms with Crippen molar-refractivity contribution in [3.8, 4) is 16.9 Å². The summed E-state index contributed by atoms with van der Waals surface area (Å²) in [6.45, 7) is 3.69. The van der Waals surface area contributed by atoms with E-state index in [1.165, 1.54) is 35.9 Å². The zero-order chi connectivity index (χ0) is 33.0. The first-order valence-electron chi connectivity index (χ1n) is 16.6. The first kappa shape index (κ1) is 33.6. The Hall–Kier alpha value is -4.73. The fourth-order valence-electron chi connectivity index (χ4n) is 6.04. The highest BCUT2D eigenvalue weighted by atomic mass is 19.1. The van der Waals surface area contributed by atoms with Gasteiger partial charge in [-0.2, -0.15) is 0 Å². The van der Waals surface area contributed by atoms with Gasteiger partial charge in [-0.25, -0.2) is 4.39 Å². The number of anilines is 1. The van der Waals surface area contributed by atoms with Gasteiger partial charge < -0.3 is 20.2 Å². The van der Waals surface area contributed by atoms with Crippen LogP contribution in [-0.4, -0.2) is 42.3 Å². The molecule has 4 aromatic rings. The van der Waals surface area contributed by atoms with Gasteiger partial charge in [0.25, 0.3) is 5.09 Å². The van der Waals surface area contributed by atoms with Gasteiger partial charge in [-0.3, -0.25) is 9.78 Å². The first-order chi connectivity index (χ1) is 22.9. The SMILES string of the molecule is CC(C(=O)NCCCNc1c2c(nc3ccccc13)CCCC2)c1ccc(-c2ccc(OCCCCCCO[N+](=O)[O-])cc2)c(F)c1. The number of aromatic nitrogens is 1. The minimum Gasteiger partial charge on any atom is -0.494 e. The number of rotatable bonds is 17. The van der Waals surface area contributed by atoms with E-state index in [1.807, 2.05) is 42.5 Å². The fraction of sp³-hybridized carbons (Fsp3) is 0.405. The Labute approximate surface area is 275 Å². The first-order valence-corrected chi connectivity index (χ1v) is 16.6. The van der Waals surface area contributed by atoms with E-state index in [1.54, 1.807) is 13.0 Å². The minimum atomic E-state index is -0.773. The number of pyridine rings is 1. The van der Waals surface area contributed by atoms with E-state index >= 15 is 4.39 Å². The number of hydrogen-bond acceptors (Lipinski definition) is 7. The van der Waals surface area contributed by atoms with Gasteiger partial charge in [-0.05, 0) is 92.8 Å². The van der Waals surface area contributed by atoms with Crippen LogP contribution in [0.25, 0.3) is 22.0 Å². The molecular formula is C37H43FN4O5. The van der Waals surface area contributed by atoms with Crippen LogP contribution in [0.2, 0.25) is 0 Å². The molecule has 0 bridgehead atoms. The van der Waals surface area contributed by atoms with E-state index in [-0.39, 0.29) is 18.3 Å². The Morgan fingerprint density at radius 1 is 0.957 bits per heavy atom. The van der Waals surface area contributed by atoms with Crippen molar-refractivity contribution in [1.29, 1.82) is 0 Å². The molecule has 1 aliphatic rings. The Balaban J connectivity index is 1.06. The van der Waals surface area contributed by atoms with E-state index in [4.69, 9.17) is 9.72 Å². The number of carbonyl (C=O) groups excluding carboxylic acids is 1. The topological polar surface area (TPSA) is 116 Å². The van der Waals surface area contributed by atoms with Crippen LogP contribution in [0.1, 0.15) is 74.6 Å². The number of benzene rings is 3. The van der Waals surface area contributed by atoms with Crippen molar-refractivity contribution in [2.24, 2.45) is 0 Å². The third-order valence-electron chi connectivity index (χ3n) is 8.68. The highest BCUT2D eigenvalue weighted by Gasteiger charge is 2.19. The summed E-state index contributed by atoms with van der Waals surface area (Å²) in [7, 11) is 0. The van der Waals surface area contributed by atoms with E-state index in [0.29, 0.717) is 36.4 Å². The van der Waals surface area contributed by atoms with Crippen LogP contribution in [0.3, 0.4) is 0 Å². The van der Waals surface area contributed by atoms with Crippen LogP contribution in [0, 0.1) is 15.9 Å². The van der Waals surface area contributed by atoms with Crippen LogP contribution in [0.15, 0.2) is 66.7 Å². The van der Waals surface area contributed by atoms with Crippen molar-refractivity contribution in [2.75, 3.05) is 31.6 Å². The molecule has 1 aliphatic carbocycles. The predicted molar refractivity (Wildman–Crippen MR) is 182 cm³/mol. The molecule has 1 heterocycles. The number of nitrogens with zero attached hydrogens (tertiary/aromatic N) is 2. The van der Waals surface area contributed by atoms with Gasteiger partial charge in [-0.15, -0.1) is 10.1 Å². The Kier molecular flexibility index (Phi) is 12.0. The Bertz CT molecular complexity index is 1660. The number of amides is 1. The number of fused-ring (bicyclic) bond motifs is 2. The number of carbonyl (C=O) groups is 1. The van der Waals surface area contributed by atoms with Gasteiger partial charge in [0.05, 0.1) is 24.6 Å². The van der Waals surface area contributed by atoms with Crippen molar-refractivity contribution in [3.05, 3.63) is 99.5 Å². The molecule has 248 valence electrons. The second-order valence-electron chi connectivity index (χ2n) is 12.0. The Morgan fingerprint density at radius 2 is 1.72 bits per heavy atom. The molecule has 0 aliphatic heterocycles. The fourth-order valence-corrected chi connectivity index (χ4v) is 6.04. The second kappa shape index (κ2) is 16.7. The summed E-state index contributed by atoms with van der Waals surface area (Å²) in [6, 6.07) is 20.5. The lowest BCUT2D eigenvalue weighted by molar-refractivity contribution is -0.757. The molecule has 0 fully saturated rings. The molecule has 0 saturated heterocycles. The van der Waals surface area contributed by atoms with Gasteiger partial charge in [-0.1, -0.05) is 55.3 Å². The van der Waals surface area contributed by atoms with Crippen LogP contribution < -0.4 is 15.4 Å². The number of para-hydroxylation sites is 1. The van der Waals surface area contributed by atoms with Gasteiger partial charge in [0.1, 0.15) is 11.6 Å². The summed E-state index contributed by atoms with van der Waals surface area (Å²) < 4.78 is 21.0. The average molecular weight is 643 g/mol. The monoisotopic (exact) mass is 642 g/mol. The molecule has 1 atom stereocenters. The third-order valence-corrected chi connectivity index (χ3v) is 8.68. The second-order valence-corrected chi connectivity index (χ2v) is 12.0. The van der Waals surface area contributed by atoms with Gasteiger partial charge in [0.15, 0.2) is 0 Å². The molecule has 5 rings (SSSR count). The number of ether oxygens (including phenoxy) is 1. The quantitative estimate of drug-likeness (QED) is 0.0686. The van der Waals surface area contributed by atoms with E-state index in [9.17, 15) is 14.9 Å². The molecule has 1 unspecified atom stereocenters. The predicted octanol–water partition coefficient (Wildman–Crippen LogP) is 7.79. The lowest BCUT2D eigenvalue weighted by Crippen LogP contribution is -2.30. The maximum Gasteiger partial charge on any atom is 0.294 e. The summed E-state index contributed by atoms with van der Waals surface area (Å²) in [5.41, 5.74) is 6.53. The Morgan fingerprint density at radius 3 is 2.51 bits per heavy atom. The molecule has 9 nitrogen and oxygen atoms in total. The molecule has 3 aromatic carbocycles. The molecule has 0 radical (unpaired) electrons. The van der Waals surface area contributed by atoms with Crippen LogP contribution in [0.5, 0.6) is 5.75 Å². The normalized spacial score (nSPS) is 13.1. The van der Waals surface area contributed by atoms with Gasteiger partial charge >= 0.3 is 0 Å². The van der Waals surface area contributed by atoms with Crippen molar-refractivity contribution in [2.45, 2.75) is 70.6 Å². The summed E-state index contributed by atoms with van der Waals surface area (Å²) >= 11 is 0. The highest BCUT2D eigenvalue weighted by Crippen LogP contribution is 2.33. The van der Waals surface area contributed by atoms with Crippen LogP contribution in [0.4, 0.5) is 10.1 Å². The summed E-state index contributed by atoms with van der Waals surface area (Å²) in [5.74, 6) is -0.306. The summed E-state index contributed by atoms with van der Waals surface area (Å²) in [5, 5.41) is 17.2. The zero-order valence-corrected chi connectivity index (χ0v) is 26.9. The van der Waals surface area contributed by atoms with Crippen molar-refractivity contribution >= 4 is 22.5 Å². The summed E-state index contributed by atoms with van der Waals surface area (Å²) in [4.78, 5) is 32.3. The number of unbranched alkanes of at least 4 members (excludes halogenated alkanes) is 3. The number of aryl methyl sites for hydroxylation is 1. The van der Waals surface area contributed by atoms with E-state index < -0.39 is 11.0 Å². The van der Waals surface area contributed by atoms with Crippen molar-refractivity contribution in [1.82, 2.24) is 10.3 Å². The number of hydrogen-bond donors (Lipinski definition) is 2. The highest BCUT2D eigenvalue weighted by molar-refractivity contribution is 5.93. The molecular weight excluding hydrogens is 599 g/mol. The smallest absolute Gasteiger partial charge is 0.294 e. The number of halogens is 1. The molecule has 47 heavy (non-hydrogen) atoms. The lowest BCUT2D eigenvalue weighted by Gasteiger charge is -2.22. The van der Waals surface area contributed by atoms with Crippen LogP contribution >= 0.6 is 0 Å². The maximum absolute atomic E-state index is 15.2. The molecule has 2 N–H and O–H groups in total. The van der Waals surface area contributed by atoms with Crippen LogP contribution in [-0.2, 0) is 22.5 Å². The van der Waals surface area contributed by atoms with Gasteiger partial charge in [0, 0.05) is 35.4 Å².